The average Bonchev–Trinajstić information content (AvgIpc) is 3.50. The molecule has 8 aromatic carbocycles. The molecule has 0 radical (unpaired) electrons. The van der Waals surface area contributed by atoms with Gasteiger partial charge in [-0.05, 0) is 82.1 Å². The van der Waals surface area contributed by atoms with E-state index in [1.807, 2.05) is 0 Å². The summed E-state index contributed by atoms with van der Waals surface area (Å²) in [6, 6.07) is 69.8. The van der Waals surface area contributed by atoms with E-state index in [9.17, 15) is 0 Å². The largest absolute Gasteiger partial charge is 0.310 e. The summed E-state index contributed by atoms with van der Waals surface area (Å²) in [5.41, 5.74) is 11.7. The SMILES string of the molecule is c1ccc(-c2ccccc2N(c2ccccc2)c2ccc(-c3cc(-n4c5ccccc5c5ccccc54)cc4ccccc34)cc2)cc1. The summed E-state index contributed by atoms with van der Waals surface area (Å²) in [4.78, 5) is 2.36. The molecule has 0 saturated heterocycles. The van der Waals surface area contributed by atoms with Crippen molar-refractivity contribution in [3.63, 3.8) is 0 Å². The molecule has 48 heavy (non-hydrogen) atoms. The zero-order valence-electron chi connectivity index (χ0n) is 26.4. The second-order valence-electron chi connectivity index (χ2n) is 12.2. The summed E-state index contributed by atoms with van der Waals surface area (Å²) in [7, 11) is 0. The summed E-state index contributed by atoms with van der Waals surface area (Å²) in [6.07, 6.45) is 0. The van der Waals surface area contributed by atoms with Crippen molar-refractivity contribution in [1.29, 1.82) is 0 Å². The molecule has 0 aliphatic rings. The average molecular weight is 613 g/mol. The third-order valence-electron chi connectivity index (χ3n) is 9.37. The van der Waals surface area contributed by atoms with Gasteiger partial charge < -0.3 is 9.47 Å². The summed E-state index contributed by atoms with van der Waals surface area (Å²) < 4.78 is 2.41. The van der Waals surface area contributed by atoms with Crippen LogP contribution in [0.15, 0.2) is 194 Å². The third kappa shape index (κ3) is 4.74. The molecule has 0 aliphatic carbocycles. The number of rotatable bonds is 6. The molecule has 226 valence electrons. The minimum absolute atomic E-state index is 1.11. The zero-order valence-corrected chi connectivity index (χ0v) is 26.4. The number of hydrogen-bond donors (Lipinski definition) is 0. The number of fused-ring (bicyclic) bond motifs is 4. The van der Waals surface area contributed by atoms with Gasteiger partial charge in [-0.3, -0.25) is 0 Å². The first-order valence-electron chi connectivity index (χ1n) is 16.4. The van der Waals surface area contributed by atoms with E-state index in [0.29, 0.717) is 0 Å². The van der Waals surface area contributed by atoms with Gasteiger partial charge in [0.2, 0.25) is 0 Å². The van der Waals surface area contributed by atoms with Gasteiger partial charge in [0.1, 0.15) is 0 Å². The highest BCUT2D eigenvalue weighted by molar-refractivity contribution is 6.10. The third-order valence-corrected chi connectivity index (χ3v) is 9.37. The minimum atomic E-state index is 1.11. The molecule has 9 rings (SSSR count). The molecule has 0 fully saturated rings. The van der Waals surface area contributed by atoms with Crippen LogP contribution in [0.3, 0.4) is 0 Å². The molecular weight excluding hydrogens is 581 g/mol. The predicted molar refractivity (Wildman–Crippen MR) is 204 cm³/mol. The van der Waals surface area contributed by atoms with Crippen molar-refractivity contribution in [2.45, 2.75) is 0 Å². The molecular formula is C46H32N2. The van der Waals surface area contributed by atoms with Gasteiger partial charge in [-0.15, -0.1) is 0 Å². The van der Waals surface area contributed by atoms with Crippen molar-refractivity contribution in [2.24, 2.45) is 0 Å². The van der Waals surface area contributed by atoms with Gasteiger partial charge in [-0.1, -0.05) is 140 Å². The molecule has 0 aliphatic heterocycles. The molecule has 2 nitrogen and oxygen atoms in total. The fourth-order valence-electron chi connectivity index (χ4n) is 7.19. The van der Waals surface area contributed by atoms with Crippen molar-refractivity contribution in [2.75, 3.05) is 4.90 Å². The minimum Gasteiger partial charge on any atom is -0.310 e. The highest BCUT2D eigenvalue weighted by Crippen LogP contribution is 2.42. The Morgan fingerprint density at radius 1 is 0.354 bits per heavy atom. The van der Waals surface area contributed by atoms with Gasteiger partial charge in [0.15, 0.2) is 0 Å². The number of anilines is 3. The molecule has 0 spiro atoms. The number of para-hydroxylation sites is 4. The lowest BCUT2D eigenvalue weighted by Gasteiger charge is -2.28. The molecule has 1 heterocycles. The first-order valence-corrected chi connectivity index (χ1v) is 16.4. The van der Waals surface area contributed by atoms with E-state index >= 15 is 0 Å². The maximum atomic E-state index is 2.41. The molecule has 2 heteroatoms. The Bertz CT molecular complexity index is 2490. The Morgan fingerprint density at radius 2 is 0.875 bits per heavy atom. The summed E-state index contributed by atoms with van der Waals surface area (Å²) in [5.74, 6) is 0. The van der Waals surface area contributed by atoms with Crippen LogP contribution in [-0.2, 0) is 0 Å². The fraction of sp³-hybridized carbons (Fsp3) is 0. The monoisotopic (exact) mass is 612 g/mol. The van der Waals surface area contributed by atoms with Crippen LogP contribution < -0.4 is 4.90 Å². The molecule has 0 saturated carbocycles. The van der Waals surface area contributed by atoms with Crippen molar-refractivity contribution < 1.29 is 0 Å². The summed E-state index contributed by atoms with van der Waals surface area (Å²) in [6.45, 7) is 0. The molecule has 0 atom stereocenters. The van der Waals surface area contributed by atoms with E-state index in [2.05, 4.69) is 204 Å². The molecule has 1 aromatic heterocycles. The van der Waals surface area contributed by atoms with Crippen LogP contribution in [0, 0.1) is 0 Å². The molecule has 0 bridgehead atoms. The highest BCUT2D eigenvalue weighted by atomic mass is 15.1. The van der Waals surface area contributed by atoms with Gasteiger partial charge in [0.25, 0.3) is 0 Å². The number of aromatic nitrogens is 1. The van der Waals surface area contributed by atoms with Gasteiger partial charge in [-0.25, -0.2) is 0 Å². The predicted octanol–water partition coefficient (Wildman–Crippen LogP) is 12.7. The van der Waals surface area contributed by atoms with Gasteiger partial charge >= 0.3 is 0 Å². The number of hydrogen-bond acceptors (Lipinski definition) is 1. The quantitative estimate of drug-likeness (QED) is 0.181. The lowest BCUT2D eigenvalue weighted by Crippen LogP contribution is -2.11. The van der Waals surface area contributed by atoms with Crippen LogP contribution in [0.25, 0.3) is 60.5 Å². The fourth-order valence-corrected chi connectivity index (χ4v) is 7.19. The summed E-state index contributed by atoms with van der Waals surface area (Å²) >= 11 is 0. The van der Waals surface area contributed by atoms with E-state index in [0.717, 1.165) is 22.7 Å². The zero-order chi connectivity index (χ0) is 31.9. The lowest BCUT2D eigenvalue weighted by atomic mass is 9.96. The van der Waals surface area contributed by atoms with Crippen LogP contribution in [0.2, 0.25) is 0 Å². The van der Waals surface area contributed by atoms with Crippen LogP contribution in [0.5, 0.6) is 0 Å². The first kappa shape index (κ1) is 27.9. The Kier molecular flexibility index (Phi) is 6.84. The normalized spacial score (nSPS) is 11.3. The maximum absolute atomic E-state index is 2.41. The molecule has 0 unspecified atom stereocenters. The second kappa shape index (κ2) is 11.8. The Hall–Kier alpha value is -6.38. The van der Waals surface area contributed by atoms with Crippen molar-refractivity contribution in [1.82, 2.24) is 4.57 Å². The van der Waals surface area contributed by atoms with E-state index < -0.39 is 0 Å². The van der Waals surface area contributed by atoms with Crippen LogP contribution >= 0.6 is 0 Å². The second-order valence-corrected chi connectivity index (χ2v) is 12.2. The van der Waals surface area contributed by atoms with E-state index in [1.54, 1.807) is 0 Å². The first-order chi connectivity index (χ1) is 23.8. The molecule has 0 N–H and O–H groups in total. The van der Waals surface area contributed by atoms with Crippen molar-refractivity contribution in [3.05, 3.63) is 194 Å². The molecule has 9 aromatic rings. The maximum Gasteiger partial charge on any atom is 0.0541 e. The van der Waals surface area contributed by atoms with Crippen molar-refractivity contribution >= 4 is 49.6 Å². The van der Waals surface area contributed by atoms with Crippen LogP contribution in [-0.4, -0.2) is 4.57 Å². The van der Waals surface area contributed by atoms with Crippen molar-refractivity contribution in [3.8, 4) is 27.9 Å². The van der Waals surface area contributed by atoms with Gasteiger partial charge in [-0.2, -0.15) is 0 Å². The van der Waals surface area contributed by atoms with Crippen LogP contribution in [0.1, 0.15) is 0 Å². The number of benzene rings is 8. The van der Waals surface area contributed by atoms with E-state index in [1.165, 1.54) is 54.8 Å². The van der Waals surface area contributed by atoms with E-state index in [4.69, 9.17) is 0 Å². The standard InChI is InChI=1S/C46H32N2/c1-3-15-33(16-4-1)40-21-9-12-24-44(40)47(36-18-5-2-6-19-36)37-29-27-34(28-30-37)43-32-38(31-35-17-7-8-20-39(35)43)48-45-25-13-10-22-41(45)42-23-11-14-26-46(42)48/h1-32H. The number of nitrogens with zero attached hydrogens (tertiary/aromatic N) is 2. The molecule has 0 amide bonds. The van der Waals surface area contributed by atoms with E-state index in [-0.39, 0.29) is 0 Å². The van der Waals surface area contributed by atoms with Gasteiger partial charge in [0.05, 0.1) is 16.7 Å². The lowest BCUT2D eigenvalue weighted by molar-refractivity contribution is 1.19. The Morgan fingerprint density at radius 3 is 1.58 bits per heavy atom. The van der Waals surface area contributed by atoms with Crippen LogP contribution in [0.4, 0.5) is 17.1 Å². The summed E-state index contributed by atoms with van der Waals surface area (Å²) in [5, 5.41) is 5.00. The topological polar surface area (TPSA) is 8.17 Å². The van der Waals surface area contributed by atoms with Gasteiger partial charge in [0, 0.05) is 33.4 Å². The highest BCUT2D eigenvalue weighted by Gasteiger charge is 2.18. The Balaban J connectivity index is 1.21. The Labute approximate surface area is 280 Å². The smallest absolute Gasteiger partial charge is 0.0541 e.